The van der Waals surface area contributed by atoms with Crippen molar-refractivity contribution in [3.63, 3.8) is 0 Å². The van der Waals surface area contributed by atoms with E-state index in [0.29, 0.717) is 5.88 Å². The van der Waals surface area contributed by atoms with Crippen LogP contribution in [0.4, 0.5) is 10.1 Å². The van der Waals surface area contributed by atoms with Gasteiger partial charge in [-0.15, -0.1) is 11.6 Å². The van der Waals surface area contributed by atoms with Crippen LogP contribution in [-0.4, -0.2) is 9.91 Å². The Bertz CT molecular complexity index is 604. The molecule has 2 rings (SSSR count). The van der Waals surface area contributed by atoms with Crippen molar-refractivity contribution in [2.75, 3.05) is 0 Å². The van der Waals surface area contributed by atoms with E-state index >= 15 is 0 Å². The lowest BCUT2D eigenvalue weighted by molar-refractivity contribution is -0.385. The number of aromatic nitrogens is 1. The maximum absolute atomic E-state index is 13.0. The number of alkyl halides is 1. The molecule has 0 atom stereocenters. The quantitative estimate of drug-likeness (QED) is 0.487. The summed E-state index contributed by atoms with van der Waals surface area (Å²) in [6.45, 7) is 0. The van der Waals surface area contributed by atoms with E-state index in [2.05, 4.69) is 4.98 Å². The molecule has 0 amide bonds. The number of hydrogen-bond acceptors (Lipinski definition) is 4. The van der Waals surface area contributed by atoms with Crippen molar-refractivity contribution in [3.05, 3.63) is 58.0 Å². The Morgan fingerprint density at radius 2 is 2.16 bits per heavy atom. The van der Waals surface area contributed by atoms with Crippen LogP contribution in [0.3, 0.4) is 0 Å². The molecule has 7 heteroatoms. The second-order valence-electron chi connectivity index (χ2n) is 3.61. The zero-order chi connectivity index (χ0) is 13.8. The third kappa shape index (κ3) is 3.17. The number of rotatable bonds is 4. The normalized spacial score (nSPS) is 10.2. The first-order chi connectivity index (χ1) is 9.10. The molecule has 0 saturated carbocycles. The summed E-state index contributed by atoms with van der Waals surface area (Å²) >= 11 is 5.61. The molecule has 0 spiro atoms. The fourth-order valence-corrected chi connectivity index (χ4v) is 1.54. The number of pyridine rings is 1. The maximum Gasteiger partial charge on any atom is 0.314 e. The minimum absolute atomic E-state index is 0.0717. The highest BCUT2D eigenvalue weighted by molar-refractivity contribution is 6.17. The monoisotopic (exact) mass is 282 g/mol. The fourth-order valence-electron chi connectivity index (χ4n) is 1.38. The average molecular weight is 283 g/mol. The van der Waals surface area contributed by atoms with Crippen LogP contribution in [0.5, 0.6) is 11.6 Å². The SMILES string of the molecule is O=[N+]([O-])c1cc(F)ccc1Oc1ccc(CCl)cn1. The molecule has 0 fully saturated rings. The lowest BCUT2D eigenvalue weighted by Crippen LogP contribution is -1.95. The topological polar surface area (TPSA) is 65.3 Å². The standard InChI is InChI=1S/C12H8ClFN2O3/c13-6-8-1-4-12(15-7-8)19-11-3-2-9(14)5-10(11)16(17)18/h1-5,7H,6H2. The summed E-state index contributed by atoms with van der Waals surface area (Å²) in [6, 6.07) is 6.28. The molecule has 0 N–H and O–H groups in total. The Balaban J connectivity index is 2.29. The minimum atomic E-state index is -0.717. The summed E-state index contributed by atoms with van der Waals surface area (Å²) in [5.74, 6) is -0.296. The van der Waals surface area contributed by atoms with Crippen LogP contribution in [0, 0.1) is 15.9 Å². The molecule has 0 saturated heterocycles. The van der Waals surface area contributed by atoms with Crippen molar-refractivity contribution in [1.82, 2.24) is 4.98 Å². The lowest BCUT2D eigenvalue weighted by atomic mass is 10.3. The lowest BCUT2D eigenvalue weighted by Gasteiger charge is -2.05. The van der Waals surface area contributed by atoms with Gasteiger partial charge in [-0.2, -0.15) is 0 Å². The summed E-state index contributed by atoms with van der Waals surface area (Å²) in [5.41, 5.74) is 0.339. The van der Waals surface area contributed by atoms with Gasteiger partial charge in [-0.1, -0.05) is 6.07 Å². The third-order valence-electron chi connectivity index (χ3n) is 2.28. The van der Waals surface area contributed by atoms with E-state index in [9.17, 15) is 14.5 Å². The van der Waals surface area contributed by atoms with Crippen LogP contribution in [0.25, 0.3) is 0 Å². The molecule has 0 aliphatic heterocycles. The van der Waals surface area contributed by atoms with Gasteiger partial charge in [0.15, 0.2) is 0 Å². The van der Waals surface area contributed by atoms with Gasteiger partial charge < -0.3 is 4.74 Å². The summed E-state index contributed by atoms with van der Waals surface area (Å²) in [5, 5.41) is 10.8. The Morgan fingerprint density at radius 3 is 2.74 bits per heavy atom. The predicted molar refractivity (Wildman–Crippen MR) is 66.9 cm³/mol. The molecule has 5 nitrogen and oxygen atoms in total. The highest BCUT2D eigenvalue weighted by Gasteiger charge is 2.17. The average Bonchev–Trinajstić information content (AvgIpc) is 2.41. The van der Waals surface area contributed by atoms with Crippen molar-refractivity contribution in [2.24, 2.45) is 0 Å². The van der Waals surface area contributed by atoms with E-state index in [0.717, 1.165) is 17.7 Å². The van der Waals surface area contributed by atoms with Gasteiger partial charge in [0.25, 0.3) is 0 Å². The van der Waals surface area contributed by atoms with E-state index in [1.165, 1.54) is 18.3 Å². The molecule has 98 valence electrons. The molecular formula is C12H8ClFN2O3. The van der Waals surface area contributed by atoms with E-state index in [1.807, 2.05) is 0 Å². The molecule has 0 radical (unpaired) electrons. The largest absolute Gasteiger partial charge is 0.432 e. The highest BCUT2D eigenvalue weighted by atomic mass is 35.5. The smallest absolute Gasteiger partial charge is 0.314 e. The van der Waals surface area contributed by atoms with Crippen LogP contribution in [0.15, 0.2) is 36.5 Å². The van der Waals surface area contributed by atoms with E-state index < -0.39 is 16.4 Å². The second kappa shape index (κ2) is 5.62. The van der Waals surface area contributed by atoms with Gasteiger partial charge in [0.1, 0.15) is 5.82 Å². The molecule has 1 aromatic carbocycles. The number of benzene rings is 1. The first-order valence-corrected chi connectivity index (χ1v) is 5.76. The number of nitro benzene ring substituents is 1. The van der Waals surface area contributed by atoms with E-state index in [-0.39, 0.29) is 11.6 Å². The first kappa shape index (κ1) is 13.2. The number of nitro groups is 1. The van der Waals surface area contributed by atoms with Crippen LogP contribution >= 0.6 is 11.6 Å². The van der Waals surface area contributed by atoms with E-state index in [4.69, 9.17) is 16.3 Å². The van der Waals surface area contributed by atoms with Crippen LogP contribution in [0.1, 0.15) is 5.56 Å². The summed E-state index contributed by atoms with van der Waals surface area (Å²) < 4.78 is 18.2. The fraction of sp³-hybridized carbons (Fsp3) is 0.0833. The van der Waals surface area contributed by atoms with Gasteiger partial charge in [0.2, 0.25) is 11.6 Å². The number of halogens is 2. The molecule has 0 unspecified atom stereocenters. The van der Waals surface area contributed by atoms with Crippen LogP contribution in [-0.2, 0) is 5.88 Å². The van der Waals surface area contributed by atoms with Gasteiger partial charge in [0, 0.05) is 18.1 Å². The molecular weight excluding hydrogens is 275 g/mol. The zero-order valence-corrected chi connectivity index (χ0v) is 10.3. The molecule has 0 aliphatic carbocycles. The Morgan fingerprint density at radius 1 is 1.37 bits per heavy atom. The number of ether oxygens (including phenoxy) is 1. The summed E-state index contributed by atoms with van der Waals surface area (Å²) in [7, 11) is 0. The molecule has 1 aromatic heterocycles. The van der Waals surface area contributed by atoms with Gasteiger partial charge >= 0.3 is 5.69 Å². The molecule has 0 aliphatic rings. The Labute approximate surface area is 112 Å². The van der Waals surface area contributed by atoms with E-state index in [1.54, 1.807) is 6.07 Å². The van der Waals surface area contributed by atoms with Crippen molar-refractivity contribution in [1.29, 1.82) is 0 Å². The maximum atomic E-state index is 13.0. The van der Waals surface area contributed by atoms with Gasteiger partial charge in [-0.05, 0) is 17.7 Å². The Kier molecular flexibility index (Phi) is 3.91. The van der Waals surface area contributed by atoms with Crippen LogP contribution in [0.2, 0.25) is 0 Å². The highest BCUT2D eigenvalue weighted by Crippen LogP contribution is 2.30. The van der Waals surface area contributed by atoms with Crippen molar-refractivity contribution < 1.29 is 14.1 Å². The molecule has 19 heavy (non-hydrogen) atoms. The molecule has 0 bridgehead atoms. The van der Waals surface area contributed by atoms with Gasteiger partial charge in [-0.25, -0.2) is 9.37 Å². The van der Waals surface area contributed by atoms with Crippen molar-refractivity contribution in [2.45, 2.75) is 5.88 Å². The summed E-state index contributed by atoms with van der Waals surface area (Å²) in [4.78, 5) is 14.0. The van der Waals surface area contributed by atoms with Crippen molar-refractivity contribution in [3.8, 4) is 11.6 Å². The third-order valence-corrected chi connectivity index (χ3v) is 2.59. The molecule has 1 heterocycles. The number of hydrogen-bond donors (Lipinski definition) is 0. The first-order valence-electron chi connectivity index (χ1n) is 5.23. The Hall–Kier alpha value is -2.21. The predicted octanol–water partition coefficient (Wildman–Crippen LogP) is 3.66. The zero-order valence-electron chi connectivity index (χ0n) is 9.55. The summed E-state index contributed by atoms with van der Waals surface area (Å²) in [6.07, 6.45) is 1.50. The van der Waals surface area contributed by atoms with Gasteiger partial charge in [0.05, 0.1) is 11.0 Å². The molecule has 2 aromatic rings. The number of nitrogens with zero attached hydrogens (tertiary/aromatic N) is 2. The van der Waals surface area contributed by atoms with Gasteiger partial charge in [-0.3, -0.25) is 10.1 Å². The van der Waals surface area contributed by atoms with Crippen molar-refractivity contribution >= 4 is 17.3 Å². The van der Waals surface area contributed by atoms with Crippen LogP contribution < -0.4 is 4.74 Å². The second-order valence-corrected chi connectivity index (χ2v) is 3.88. The minimum Gasteiger partial charge on any atom is -0.432 e.